The summed E-state index contributed by atoms with van der Waals surface area (Å²) in [6.45, 7) is 2.37. The van der Waals surface area contributed by atoms with Crippen LogP contribution < -0.4 is 4.74 Å². The Hall–Kier alpha value is -2.28. The Kier molecular flexibility index (Phi) is 6.25. The average molecular weight is 509 g/mol. The van der Waals surface area contributed by atoms with Gasteiger partial charge in [0.15, 0.2) is 0 Å². The molecule has 2 saturated carbocycles. The first-order chi connectivity index (χ1) is 16.0. The third-order valence-electron chi connectivity index (χ3n) is 8.59. The van der Waals surface area contributed by atoms with Crippen molar-refractivity contribution in [1.29, 1.82) is 5.26 Å². The molecule has 172 valence electrons. The number of carbonyl (C=O) groups excluding carboxylic acids is 1. The summed E-state index contributed by atoms with van der Waals surface area (Å²) in [6, 6.07) is 14.2. The normalized spacial score (nSPS) is 29.8. The van der Waals surface area contributed by atoms with Crippen LogP contribution in [-0.2, 0) is 16.5 Å². The molecule has 0 aromatic heterocycles. The molecule has 0 heterocycles. The summed E-state index contributed by atoms with van der Waals surface area (Å²) in [4.78, 5) is 15.2. The number of fused-ring (bicyclic) bond motifs is 5. The van der Waals surface area contributed by atoms with Crippen LogP contribution in [0, 0.1) is 27.5 Å². The zero-order valence-corrected chi connectivity index (χ0v) is 21.1. The Labute approximate surface area is 202 Å². The zero-order chi connectivity index (χ0) is 23.0. The summed E-state index contributed by atoms with van der Waals surface area (Å²) in [5.41, 5.74) is 4.77. The minimum atomic E-state index is -0.206. The van der Waals surface area contributed by atoms with Crippen molar-refractivity contribution >= 4 is 20.9 Å². The number of rotatable bonds is 5. The van der Waals surface area contributed by atoms with Gasteiger partial charge >= 0.3 is 150 Å². The van der Waals surface area contributed by atoms with Crippen molar-refractivity contribution in [2.45, 2.75) is 62.8 Å². The molecule has 1 unspecified atom stereocenters. The maximum atomic E-state index is 13.0. The van der Waals surface area contributed by atoms with Crippen LogP contribution in [0.5, 0.6) is 5.75 Å². The van der Waals surface area contributed by atoms with Gasteiger partial charge in [0, 0.05) is 0 Å². The van der Waals surface area contributed by atoms with E-state index in [9.17, 15) is 4.79 Å². The van der Waals surface area contributed by atoms with Gasteiger partial charge in [-0.2, -0.15) is 0 Å². The monoisotopic (exact) mass is 509 g/mol. The van der Waals surface area contributed by atoms with E-state index >= 15 is 0 Å². The van der Waals surface area contributed by atoms with Crippen molar-refractivity contribution < 1.29 is 14.3 Å². The van der Waals surface area contributed by atoms with E-state index in [2.05, 4.69) is 30.1 Å². The molecule has 5 rings (SSSR count). The molecule has 0 bridgehead atoms. The van der Waals surface area contributed by atoms with Gasteiger partial charge in [0.2, 0.25) is 0 Å². The summed E-state index contributed by atoms with van der Waals surface area (Å²) < 4.78 is 11.6. The number of esters is 1. The molecule has 33 heavy (non-hydrogen) atoms. The number of nitrogens with zero attached hydrogens (tertiary/aromatic N) is 1. The Morgan fingerprint density at radius 2 is 1.97 bits per heavy atom. The van der Waals surface area contributed by atoms with Gasteiger partial charge in [-0.1, -0.05) is 6.07 Å². The molecule has 0 amide bonds. The van der Waals surface area contributed by atoms with E-state index in [0.29, 0.717) is 23.3 Å². The molecule has 0 saturated heterocycles. The van der Waals surface area contributed by atoms with Crippen LogP contribution in [0.1, 0.15) is 72.0 Å². The molecule has 0 spiro atoms. The maximum absolute atomic E-state index is 13.0. The first-order valence-corrected chi connectivity index (χ1v) is 14.1. The van der Waals surface area contributed by atoms with Gasteiger partial charge < -0.3 is 4.74 Å². The first kappa shape index (κ1) is 22.5. The fourth-order valence-electron chi connectivity index (χ4n) is 6.88. The van der Waals surface area contributed by atoms with Crippen LogP contribution in [-0.4, -0.2) is 34.1 Å². The Morgan fingerprint density at radius 3 is 2.73 bits per heavy atom. The fraction of sp³-hybridized carbons (Fsp3) is 0.500. The second-order valence-electron chi connectivity index (χ2n) is 10.1. The number of aryl methyl sites for hydroxylation is 1. The molecule has 2 fully saturated rings. The number of carbonyl (C=O) groups is 1. The molecule has 2 aromatic rings. The Bertz CT molecular complexity index is 1080. The number of hydrogen-bond acceptors (Lipinski definition) is 4. The Balaban J connectivity index is 1.29. The molecule has 5 atom stereocenters. The molecule has 0 radical (unpaired) electrons. The summed E-state index contributed by atoms with van der Waals surface area (Å²) in [5, 5.41) is 9.57. The number of ether oxygens (including phenoxy) is 2. The van der Waals surface area contributed by atoms with E-state index in [4.69, 9.17) is 14.7 Å². The van der Waals surface area contributed by atoms with Crippen LogP contribution in [0.25, 0.3) is 0 Å². The summed E-state index contributed by atoms with van der Waals surface area (Å²) in [5.74, 6) is 2.66. The van der Waals surface area contributed by atoms with Crippen molar-refractivity contribution in [3.63, 3.8) is 0 Å². The van der Waals surface area contributed by atoms with Crippen LogP contribution in [0.15, 0.2) is 42.5 Å². The van der Waals surface area contributed by atoms with Crippen molar-refractivity contribution in [3.05, 3.63) is 64.7 Å². The minimum absolute atomic E-state index is 0.00480. The molecule has 5 heteroatoms. The van der Waals surface area contributed by atoms with E-state index in [1.54, 1.807) is 7.11 Å². The molecule has 0 aliphatic heterocycles. The van der Waals surface area contributed by atoms with E-state index in [1.165, 1.54) is 24.0 Å². The van der Waals surface area contributed by atoms with Crippen LogP contribution in [0.2, 0.25) is 0 Å². The van der Waals surface area contributed by atoms with E-state index in [1.807, 2.05) is 24.3 Å². The van der Waals surface area contributed by atoms with Gasteiger partial charge in [0.05, 0.1) is 7.11 Å². The number of hydrogen-bond donors (Lipinski definition) is 0. The SMILES string of the molecule is COc1ccc2c(c1)CC[C@@H]1[C@@H]2CC[C@]2(C)C(OC(=O)c3ccc(C[Se]C#N)cc3)CC[C@@H]12. The topological polar surface area (TPSA) is 59.3 Å². The van der Waals surface area contributed by atoms with Crippen LogP contribution >= 0.6 is 0 Å². The summed E-state index contributed by atoms with van der Waals surface area (Å²) in [6.07, 6.45) is 6.72. The summed E-state index contributed by atoms with van der Waals surface area (Å²) >= 11 is -0.0416. The number of benzene rings is 2. The molecular weight excluding hydrogens is 477 g/mol. The first-order valence-electron chi connectivity index (χ1n) is 12.0. The van der Waals surface area contributed by atoms with Gasteiger partial charge in [-0.15, -0.1) is 0 Å². The molecular formula is C28H31NO3Se. The van der Waals surface area contributed by atoms with E-state index in [-0.39, 0.29) is 32.4 Å². The third-order valence-corrected chi connectivity index (χ3v) is 9.86. The van der Waals surface area contributed by atoms with Crippen molar-refractivity contribution in [2.24, 2.45) is 17.3 Å². The number of methoxy groups -OCH3 is 1. The van der Waals surface area contributed by atoms with E-state index in [0.717, 1.165) is 42.3 Å². The molecule has 2 aromatic carbocycles. The predicted octanol–water partition coefficient (Wildman–Crippen LogP) is 5.46. The van der Waals surface area contributed by atoms with Gasteiger partial charge in [0.1, 0.15) is 5.75 Å². The quantitative estimate of drug-likeness (QED) is 0.398. The zero-order valence-electron chi connectivity index (χ0n) is 19.4. The van der Waals surface area contributed by atoms with Crippen LogP contribution in [0.4, 0.5) is 0 Å². The molecule has 4 nitrogen and oxygen atoms in total. The third kappa shape index (κ3) is 4.09. The summed E-state index contributed by atoms with van der Waals surface area (Å²) in [7, 11) is 1.74. The van der Waals surface area contributed by atoms with E-state index < -0.39 is 0 Å². The van der Waals surface area contributed by atoms with Gasteiger partial charge in [0.25, 0.3) is 0 Å². The average Bonchev–Trinajstić information content (AvgIpc) is 3.18. The van der Waals surface area contributed by atoms with Gasteiger partial charge in [-0.05, 0) is 29.7 Å². The second-order valence-corrected chi connectivity index (χ2v) is 11.7. The van der Waals surface area contributed by atoms with Gasteiger partial charge in [-0.3, -0.25) is 0 Å². The molecule has 3 aliphatic carbocycles. The Morgan fingerprint density at radius 1 is 1.15 bits per heavy atom. The van der Waals surface area contributed by atoms with Crippen molar-refractivity contribution in [1.82, 2.24) is 0 Å². The predicted molar refractivity (Wildman–Crippen MR) is 128 cm³/mol. The van der Waals surface area contributed by atoms with Crippen molar-refractivity contribution in [2.75, 3.05) is 7.11 Å². The number of nitriles is 1. The second kappa shape index (κ2) is 9.16. The van der Waals surface area contributed by atoms with Crippen molar-refractivity contribution in [3.8, 4) is 10.7 Å². The standard InChI is InChI=1S/C28H31NO3Se/c1-28-14-13-23-22-10-8-21(31-2)15-20(22)7-9-24(23)25(28)11-12-26(28)32-27(30)19-5-3-18(4-6-19)16-33-17-29/h3-6,8,10,15,23-26H,7,9,11-14,16H2,1-2H3/t23-,24-,25+,26?,28+/m1/s1. The fourth-order valence-corrected chi connectivity index (χ4v) is 7.77. The van der Waals surface area contributed by atoms with Crippen LogP contribution in [0.3, 0.4) is 0 Å². The molecule has 0 N–H and O–H groups in total. The van der Waals surface area contributed by atoms with Gasteiger partial charge in [-0.25, -0.2) is 0 Å². The molecule has 3 aliphatic rings.